The first-order chi connectivity index (χ1) is 12.5. The van der Waals surface area contributed by atoms with Crippen molar-refractivity contribution in [1.29, 1.82) is 0 Å². The molecular weight excluding hydrogens is 332 g/mol. The molecule has 1 aromatic carbocycles. The van der Waals surface area contributed by atoms with Crippen molar-refractivity contribution < 1.29 is 14.3 Å². The van der Waals surface area contributed by atoms with Crippen molar-refractivity contribution in [1.82, 2.24) is 15.1 Å². The molecule has 0 atom stereocenters. The van der Waals surface area contributed by atoms with E-state index < -0.39 is 0 Å². The Bertz CT molecular complexity index is 600. The molecule has 7 nitrogen and oxygen atoms in total. The Morgan fingerprint density at radius 2 is 1.85 bits per heavy atom. The summed E-state index contributed by atoms with van der Waals surface area (Å²) >= 11 is 0. The van der Waals surface area contributed by atoms with Gasteiger partial charge in [-0.25, -0.2) is 4.99 Å². The Morgan fingerprint density at radius 3 is 2.38 bits per heavy atom. The average Bonchev–Trinajstić information content (AvgIpc) is 2.65. The first-order valence-electron chi connectivity index (χ1n) is 8.99. The van der Waals surface area contributed by atoms with Crippen molar-refractivity contribution in [3.63, 3.8) is 0 Å². The molecule has 7 heteroatoms. The third-order valence-corrected chi connectivity index (χ3v) is 4.07. The molecule has 0 radical (unpaired) electrons. The summed E-state index contributed by atoms with van der Waals surface area (Å²) in [6, 6.07) is 5.72. The van der Waals surface area contributed by atoms with E-state index in [4.69, 9.17) is 9.47 Å². The summed E-state index contributed by atoms with van der Waals surface area (Å²) in [5.41, 5.74) is 0.922. The van der Waals surface area contributed by atoms with Gasteiger partial charge in [0.25, 0.3) is 0 Å². The number of benzene rings is 1. The van der Waals surface area contributed by atoms with Crippen molar-refractivity contribution in [3.05, 3.63) is 23.8 Å². The lowest BCUT2D eigenvalue weighted by Crippen LogP contribution is -2.45. The fourth-order valence-corrected chi connectivity index (χ4v) is 2.66. The highest BCUT2D eigenvalue weighted by atomic mass is 16.5. The molecule has 0 spiro atoms. The number of rotatable bonds is 9. The highest BCUT2D eigenvalue weighted by Crippen LogP contribution is 2.31. The summed E-state index contributed by atoms with van der Waals surface area (Å²) in [7, 11) is 5.10. The van der Waals surface area contributed by atoms with Gasteiger partial charge in [-0.2, -0.15) is 0 Å². The molecule has 0 aromatic heterocycles. The van der Waals surface area contributed by atoms with Crippen LogP contribution in [-0.4, -0.2) is 69.1 Å². The second-order valence-corrected chi connectivity index (χ2v) is 5.74. The predicted octanol–water partition coefficient (Wildman–Crippen LogP) is 1.97. The van der Waals surface area contributed by atoms with Gasteiger partial charge in [0.2, 0.25) is 5.91 Å². The Balaban J connectivity index is 2.94. The quantitative estimate of drug-likeness (QED) is 0.536. The van der Waals surface area contributed by atoms with Gasteiger partial charge in [0.1, 0.15) is 0 Å². The van der Waals surface area contributed by atoms with Gasteiger partial charge >= 0.3 is 0 Å². The van der Waals surface area contributed by atoms with E-state index in [2.05, 4.69) is 10.3 Å². The lowest BCUT2D eigenvalue weighted by atomic mass is 10.2. The number of likely N-dealkylation sites (N-methyl/N-ethyl adjacent to an activating group) is 2. The summed E-state index contributed by atoms with van der Waals surface area (Å²) < 4.78 is 10.8. The molecule has 0 aliphatic carbocycles. The molecule has 1 rings (SSSR count). The molecular formula is C19H32N4O3. The molecule has 0 saturated heterocycles. The number of carbonyl (C=O) groups is 1. The van der Waals surface area contributed by atoms with Crippen molar-refractivity contribution in [2.75, 3.05) is 47.4 Å². The number of nitrogens with one attached hydrogen (secondary N) is 1. The summed E-state index contributed by atoms with van der Waals surface area (Å²) in [5.74, 6) is 2.12. The van der Waals surface area contributed by atoms with Crippen LogP contribution in [0.4, 0.5) is 0 Å². The van der Waals surface area contributed by atoms with E-state index in [0.717, 1.165) is 12.1 Å². The third kappa shape index (κ3) is 5.82. The number of aliphatic imine (C=N–C) groups is 1. The minimum absolute atomic E-state index is 0.0852. The Hall–Kier alpha value is -2.44. The van der Waals surface area contributed by atoms with Crippen molar-refractivity contribution in [2.45, 2.75) is 27.3 Å². The van der Waals surface area contributed by atoms with Crippen LogP contribution in [0, 0.1) is 0 Å². The number of guanidine groups is 1. The Morgan fingerprint density at radius 1 is 1.15 bits per heavy atom. The topological polar surface area (TPSA) is 66.4 Å². The normalized spacial score (nSPS) is 11.1. The molecule has 0 aliphatic heterocycles. The van der Waals surface area contributed by atoms with Crippen LogP contribution in [0.5, 0.6) is 11.5 Å². The van der Waals surface area contributed by atoms with Crippen LogP contribution in [0.1, 0.15) is 26.3 Å². The van der Waals surface area contributed by atoms with Crippen LogP contribution in [0.15, 0.2) is 23.2 Å². The summed E-state index contributed by atoms with van der Waals surface area (Å²) in [5, 5.41) is 3.23. The van der Waals surface area contributed by atoms with Gasteiger partial charge in [-0.15, -0.1) is 0 Å². The van der Waals surface area contributed by atoms with Crippen molar-refractivity contribution in [3.8, 4) is 11.5 Å². The first kappa shape index (κ1) is 21.6. The number of nitrogens with zero attached hydrogens (tertiary/aromatic N) is 3. The molecule has 0 fully saturated rings. The summed E-state index contributed by atoms with van der Waals surface area (Å²) in [6.45, 7) is 8.80. The fraction of sp³-hybridized carbons (Fsp3) is 0.579. The third-order valence-electron chi connectivity index (χ3n) is 4.07. The van der Waals surface area contributed by atoms with Gasteiger partial charge in [0.05, 0.1) is 27.3 Å². The molecule has 0 saturated carbocycles. The van der Waals surface area contributed by atoms with E-state index in [1.54, 1.807) is 14.2 Å². The predicted molar refractivity (Wildman–Crippen MR) is 105 cm³/mol. The molecule has 0 heterocycles. The molecule has 0 aliphatic rings. The monoisotopic (exact) mass is 364 g/mol. The minimum Gasteiger partial charge on any atom is -0.493 e. The largest absolute Gasteiger partial charge is 0.493 e. The van der Waals surface area contributed by atoms with Crippen LogP contribution in [-0.2, 0) is 11.3 Å². The van der Waals surface area contributed by atoms with Gasteiger partial charge < -0.3 is 24.6 Å². The van der Waals surface area contributed by atoms with E-state index in [-0.39, 0.29) is 12.5 Å². The molecule has 0 unspecified atom stereocenters. The Labute approximate surface area is 157 Å². The minimum atomic E-state index is 0.0852. The highest BCUT2D eigenvalue weighted by Gasteiger charge is 2.15. The fourth-order valence-electron chi connectivity index (χ4n) is 2.66. The molecule has 1 amide bonds. The van der Waals surface area contributed by atoms with Crippen LogP contribution in [0.2, 0.25) is 0 Å². The second-order valence-electron chi connectivity index (χ2n) is 5.74. The highest BCUT2D eigenvalue weighted by molar-refractivity contribution is 5.86. The maximum absolute atomic E-state index is 12.3. The average molecular weight is 364 g/mol. The van der Waals surface area contributed by atoms with Gasteiger partial charge in [-0.05, 0) is 26.8 Å². The second kappa shape index (κ2) is 11.2. The van der Waals surface area contributed by atoms with E-state index >= 15 is 0 Å². The first-order valence-corrected chi connectivity index (χ1v) is 8.99. The number of hydrogen-bond donors (Lipinski definition) is 1. The summed E-state index contributed by atoms with van der Waals surface area (Å²) in [4.78, 5) is 20.7. The standard InChI is InChI=1S/C19H32N4O3/c1-7-20-19(22(4)14-17(24)23(8-2)9-3)21-13-15-11-10-12-16(25-5)18(15)26-6/h10-12H,7-9,13-14H2,1-6H3,(H,20,21). The Kier molecular flexibility index (Phi) is 9.33. The zero-order valence-electron chi connectivity index (χ0n) is 16.8. The van der Waals surface area contributed by atoms with Gasteiger partial charge in [0.15, 0.2) is 17.5 Å². The van der Waals surface area contributed by atoms with Crippen LogP contribution < -0.4 is 14.8 Å². The zero-order chi connectivity index (χ0) is 19.5. The molecule has 1 aromatic rings. The maximum atomic E-state index is 12.3. The lowest BCUT2D eigenvalue weighted by molar-refractivity contribution is -0.131. The molecule has 146 valence electrons. The number of carbonyl (C=O) groups excluding carboxylic acids is 1. The van der Waals surface area contributed by atoms with Gasteiger partial charge in [-0.3, -0.25) is 4.79 Å². The van der Waals surface area contributed by atoms with Crippen LogP contribution >= 0.6 is 0 Å². The lowest BCUT2D eigenvalue weighted by Gasteiger charge is -2.25. The zero-order valence-corrected chi connectivity index (χ0v) is 16.8. The number of para-hydroxylation sites is 1. The van der Waals surface area contributed by atoms with Gasteiger partial charge in [0, 0.05) is 32.2 Å². The van der Waals surface area contributed by atoms with Crippen molar-refractivity contribution >= 4 is 11.9 Å². The number of amides is 1. The van der Waals surface area contributed by atoms with Crippen LogP contribution in [0.3, 0.4) is 0 Å². The number of hydrogen-bond acceptors (Lipinski definition) is 4. The van der Waals surface area contributed by atoms with Gasteiger partial charge in [-0.1, -0.05) is 12.1 Å². The van der Waals surface area contributed by atoms with E-state index in [1.165, 1.54) is 0 Å². The molecule has 26 heavy (non-hydrogen) atoms. The smallest absolute Gasteiger partial charge is 0.242 e. The SMILES string of the molecule is CCNC(=NCc1cccc(OC)c1OC)N(C)CC(=O)N(CC)CC. The van der Waals surface area contributed by atoms with E-state index in [0.29, 0.717) is 37.1 Å². The number of methoxy groups -OCH3 is 2. The van der Waals surface area contributed by atoms with E-state index in [9.17, 15) is 4.79 Å². The van der Waals surface area contributed by atoms with Crippen LogP contribution in [0.25, 0.3) is 0 Å². The molecule has 1 N–H and O–H groups in total. The summed E-state index contributed by atoms with van der Waals surface area (Å²) in [6.07, 6.45) is 0. The number of ether oxygens (including phenoxy) is 2. The molecule has 0 bridgehead atoms. The van der Waals surface area contributed by atoms with Crippen molar-refractivity contribution in [2.24, 2.45) is 4.99 Å². The maximum Gasteiger partial charge on any atom is 0.242 e. The van der Waals surface area contributed by atoms with E-state index in [1.807, 2.05) is 55.8 Å².